The number of hydrogen-bond acceptors (Lipinski definition) is 4. The fourth-order valence-electron chi connectivity index (χ4n) is 3.49. The molecule has 138 valence electrons. The number of ether oxygens (including phenoxy) is 1. The molecular formula is C21H31NO3. The van der Waals surface area contributed by atoms with Crippen molar-refractivity contribution in [2.75, 3.05) is 18.1 Å². The number of carbonyl (C=O) groups is 1. The standard InChI is InChI=1S/C21H31NO3/c1-7-25-19(23)9-8-12-22-18-13-16(21(5,6)24)10-11-17(18)15(2)14-20(22,3)4/h10-11,13-14,24H,7-9,12H2,1-6H3. The summed E-state index contributed by atoms with van der Waals surface area (Å²) in [5.41, 5.74) is 3.41. The van der Waals surface area contributed by atoms with Crippen LogP contribution < -0.4 is 4.90 Å². The Morgan fingerprint density at radius 3 is 2.60 bits per heavy atom. The van der Waals surface area contributed by atoms with Crippen LogP contribution in [0.1, 0.15) is 65.5 Å². The molecule has 0 saturated carbocycles. The minimum atomic E-state index is -0.884. The molecule has 1 aliphatic heterocycles. The van der Waals surface area contributed by atoms with Gasteiger partial charge in [0.2, 0.25) is 0 Å². The number of allylic oxidation sites excluding steroid dienone is 1. The van der Waals surface area contributed by atoms with Gasteiger partial charge in [-0.3, -0.25) is 4.79 Å². The van der Waals surface area contributed by atoms with Crippen LogP contribution in [0.3, 0.4) is 0 Å². The summed E-state index contributed by atoms with van der Waals surface area (Å²) < 4.78 is 5.03. The summed E-state index contributed by atoms with van der Waals surface area (Å²) in [5, 5.41) is 10.4. The first-order chi connectivity index (χ1) is 11.6. The van der Waals surface area contributed by atoms with Crippen LogP contribution in [0.5, 0.6) is 0 Å². The second-order valence-electron chi connectivity index (χ2n) is 7.83. The molecule has 0 radical (unpaired) electrons. The normalized spacial score (nSPS) is 16.3. The van der Waals surface area contributed by atoms with Crippen LogP contribution in [-0.2, 0) is 15.1 Å². The fraction of sp³-hybridized carbons (Fsp3) is 0.571. The lowest BCUT2D eigenvalue weighted by atomic mass is 9.86. The van der Waals surface area contributed by atoms with Gasteiger partial charge in [-0.15, -0.1) is 0 Å². The number of esters is 1. The van der Waals surface area contributed by atoms with Crippen LogP contribution in [0.2, 0.25) is 0 Å². The van der Waals surface area contributed by atoms with Crippen LogP contribution in [0.4, 0.5) is 5.69 Å². The molecule has 0 atom stereocenters. The molecule has 0 bridgehead atoms. The molecule has 0 fully saturated rings. The van der Waals surface area contributed by atoms with E-state index in [2.05, 4.69) is 43.9 Å². The molecule has 0 saturated heterocycles. The summed E-state index contributed by atoms with van der Waals surface area (Å²) >= 11 is 0. The Morgan fingerprint density at radius 1 is 1.32 bits per heavy atom. The monoisotopic (exact) mass is 345 g/mol. The van der Waals surface area contributed by atoms with Gasteiger partial charge < -0.3 is 14.7 Å². The van der Waals surface area contributed by atoms with Gasteiger partial charge in [-0.1, -0.05) is 18.2 Å². The Morgan fingerprint density at radius 2 is 2.00 bits per heavy atom. The number of fused-ring (bicyclic) bond motifs is 1. The van der Waals surface area contributed by atoms with Crippen molar-refractivity contribution in [3.05, 3.63) is 35.4 Å². The molecular weight excluding hydrogens is 314 g/mol. The number of nitrogens with zero attached hydrogens (tertiary/aromatic N) is 1. The largest absolute Gasteiger partial charge is 0.466 e. The summed E-state index contributed by atoms with van der Waals surface area (Å²) in [5.74, 6) is -0.144. The van der Waals surface area contributed by atoms with Crippen molar-refractivity contribution in [1.29, 1.82) is 0 Å². The average Bonchev–Trinajstić information content (AvgIpc) is 2.48. The van der Waals surface area contributed by atoms with Gasteiger partial charge in [-0.25, -0.2) is 0 Å². The van der Waals surface area contributed by atoms with Crippen LogP contribution in [-0.4, -0.2) is 29.8 Å². The molecule has 4 heteroatoms. The number of aliphatic hydroxyl groups is 1. The van der Waals surface area contributed by atoms with E-state index in [9.17, 15) is 9.90 Å². The van der Waals surface area contributed by atoms with E-state index < -0.39 is 5.60 Å². The molecule has 0 aromatic heterocycles. The predicted octanol–water partition coefficient (Wildman–Crippen LogP) is 4.26. The number of carbonyl (C=O) groups excluding carboxylic acids is 1. The zero-order valence-electron chi connectivity index (χ0n) is 16.3. The highest BCUT2D eigenvalue weighted by molar-refractivity contribution is 5.81. The molecule has 0 unspecified atom stereocenters. The van der Waals surface area contributed by atoms with E-state index >= 15 is 0 Å². The molecule has 1 aromatic rings. The molecule has 1 aliphatic rings. The minimum Gasteiger partial charge on any atom is -0.466 e. The topological polar surface area (TPSA) is 49.8 Å². The van der Waals surface area contributed by atoms with Crippen molar-refractivity contribution in [2.24, 2.45) is 0 Å². The van der Waals surface area contributed by atoms with Crippen LogP contribution in [0.15, 0.2) is 24.3 Å². The van der Waals surface area contributed by atoms with Crippen molar-refractivity contribution in [3.8, 4) is 0 Å². The van der Waals surface area contributed by atoms with Gasteiger partial charge in [0.1, 0.15) is 0 Å². The lowest BCUT2D eigenvalue weighted by molar-refractivity contribution is -0.143. The average molecular weight is 345 g/mol. The van der Waals surface area contributed by atoms with E-state index in [1.54, 1.807) is 13.8 Å². The zero-order valence-corrected chi connectivity index (χ0v) is 16.3. The molecule has 1 N–H and O–H groups in total. The van der Waals surface area contributed by atoms with E-state index in [0.29, 0.717) is 13.0 Å². The third-order valence-corrected chi connectivity index (χ3v) is 4.75. The van der Waals surface area contributed by atoms with Crippen LogP contribution in [0.25, 0.3) is 5.57 Å². The van der Waals surface area contributed by atoms with E-state index in [1.807, 2.05) is 13.0 Å². The maximum atomic E-state index is 11.6. The molecule has 25 heavy (non-hydrogen) atoms. The van der Waals surface area contributed by atoms with Crippen molar-refractivity contribution in [3.63, 3.8) is 0 Å². The Hall–Kier alpha value is -1.81. The van der Waals surface area contributed by atoms with Crippen molar-refractivity contribution < 1.29 is 14.6 Å². The third-order valence-electron chi connectivity index (χ3n) is 4.75. The Balaban J connectivity index is 2.31. The number of anilines is 1. The number of hydrogen-bond donors (Lipinski definition) is 1. The van der Waals surface area contributed by atoms with Crippen molar-refractivity contribution in [2.45, 2.75) is 65.5 Å². The highest BCUT2D eigenvalue weighted by Crippen LogP contribution is 2.40. The first kappa shape index (κ1) is 19.5. The smallest absolute Gasteiger partial charge is 0.305 e. The second kappa shape index (κ2) is 7.20. The lowest BCUT2D eigenvalue weighted by Crippen LogP contribution is -2.46. The lowest BCUT2D eigenvalue weighted by Gasteiger charge is -2.44. The Kier molecular flexibility index (Phi) is 5.62. The molecule has 0 amide bonds. The Labute approximate surface area is 151 Å². The van der Waals surface area contributed by atoms with Crippen molar-refractivity contribution in [1.82, 2.24) is 0 Å². The van der Waals surface area contributed by atoms with Gasteiger partial charge in [-0.05, 0) is 65.2 Å². The highest BCUT2D eigenvalue weighted by atomic mass is 16.5. The zero-order chi connectivity index (χ0) is 18.8. The molecule has 1 heterocycles. The fourth-order valence-corrected chi connectivity index (χ4v) is 3.49. The predicted molar refractivity (Wildman–Crippen MR) is 103 cm³/mol. The first-order valence-corrected chi connectivity index (χ1v) is 9.06. The minimum absolute atomic E-state index is 0.144. The van der Waals surface area contributed by atoms with Gasteiger partial charge in [0.05, 0.1) is 17.7 Å². The Bertz CT molecular complexity index is 668. The summed E-state index contributed by atoms with van der Waals surface area (Å²) in [4.78, 5) is 14.0. The van der Waals surface area contributed by atoms with E-state index in [4.69, 9.17) is 4.74 Å². The van der Waals surface area contributed by atoms with Gasteiger partial charge >= 0.3 is 5.97 Å². The summed E-state index contributed by atoms with van der Waals surface area (Å²) in [6.07, 6.45) is 3.43. The van der Waals surface area contributed by atoms with Gasteiger partial charge in [0.15, 0.2) is 0 Å². The maximum Gasteiger partial charge on any atom is 0.305 e. The summed E-state index contributed by atoms with van der Waals surface area (Å²) in [6.45, 7) is 13.1. The third kappa shape index (κ3) is 4.43. The molecule has 0 aliphatic carbocycles. The summed E-state index contributed by atoms with van der Waals surface area (Å²) in [6, 6.07) is 6.16. The highest BCUT2D eigenvalue weighted by Gasteiger charge is 2.32. The van der Waals surface area contributed by atoms with E-state index in [0.717, 1.165) is 24.2 Å². The van der Waals surface area contributed by atoms with Crippen LogP contribution >= 0.6 is 0 Å². The van der Waals surface area contributed by atoms with Gasteiger partial charge in [0.25, 0.3) is 0 Å². The molecule has 1 aromatic carbocycles. The number of benzene rings is 1. The second-order valence-corrected chi connectivity index (χ2v) is 7.83. The van der Waals surface area contributed by atoms with Crippen LogP contribution in [0, 0.1) is 0 Å². The molecule has 0 spiro atoms. The van der Waals surface area contributed by atoms with Gasteiger partial charge in [0, 0.05) is 24.2 Å². The maximum absolute atomic E-state index is 11.6. The quantitative estimate of drug-likeness (QED) is 0.783. The summed E-state index contributed by atoms with van der Waals surface area (Å²) in [7, 11) is 0. The number of rotatable bonds is 6. The molecule has 2 rings (SSSR count). The van der Waals surface area contributed by atoms with E-state index in [-0.39, 0.29) is 11.5 Å². The first-order valence-electron chi connectivity index (χ1n) is 9.06. The van der Waals surface area contributed by atoms with Crippen molar-refractivity contribution >= 4 is 17.2 Å². The SMILES string of the molecule is CCOC(=O)CCCN1c2cc(C(C)(C)O)ccc2C(C)=CC1(C)C. The van der Waals surface area contributed by atoms with E-state index in [1.165, 1.54) is 11.1 Å². The van der Waals surface area contributed by atoms with Gasteiger partial charge in [-0.2, -0.15) is 0 Å². The molecule has 4 nitrogen and oxygen atoms in total.